The van der Waals surface area contributed by atoms with Gasteiger partial charge in [0.15, 0.2) is 11.6 Å². The second-order valence-corrected chi connectivity index (χ2v) is 8.43. The zero-order chi connectivity index (χ0) is 21.0. The van der Waals surface area contributed by atoms with Gasteiger partial charge in [-0.05, 0) is 61.3 Å². The molecule has 1 heterocycles. The van der Waals surface area contributed by atoms with Crippen LogP contribution in [0, 0.1) is 35.2 Å². The van der Waals surface area contributed by atoms with Crippen molar-refractivity contribution in [1.82, 2.24) is 14.9 Å². The Hall–Kier alpha value is -2.83. The molecule has 2 unspecified atom stereocenters. The van der Waals surface area contributed by atoms with E-state index in [0.29, 0.717) is 34.4 Å². The van der Waals surface area contributed by atoms with E-state index >= 15 is 0 Å². The molecule has 156 valence electrons. The van der Waals surface area contributed by atoms with Gasteiger partial charge in [-0.2, -0.15) is 0 Å². The van der Waals surface area contributed by atoms with E-state index in [9.17, 15) is 18.0 Å². The van der Waals surface area contributed by atoms with Crippen LogP contribution in [0.1, 0.15) is 42.6 Å². The number of benzene rings is 2. The second-order valence-electron chi connectivity index (χ2n) is 8.43. The van der Waals surface area contributed by atoms with Crippen LogP contribution in [0.3, 0.4) is 0 Å². The second kappa shape index (κ2) is 7.15. The van der Waals surface area contributed by atoms with Crippen LogP contribution in [0.2, 0.25) is 0 Å². The number of nitrogens with zero attached hydrogens (tertiary/aromatic N) is 2. The number of amides is 1. The Labute approximate surface area is 172 Å². The molecular weight excluding hydrogens is 391 g/mol. The molecule has 1 amide bonds. The van der Waals surface area contributed by atoms with E-state index in [2.05, 4.69) is 17.2 Å². The molecule has 1 aromatic heterocycles. The first-order valence-electron chi connectivity index (χ1n) is 10.3. The van der Waals surface area contributed by atoms with Crippen molar-refractivity contribution in [3.63, 3.8) is 0 Å². The van der Waals surface area contributed by atoms with E-state index < -0.39 is 11.6 Å². The lowest BCUT2D eigenvalue weighted by molar-refractivity contribution is 0.0927. The quantitative estimate of drug-likeness (QED) is 0.649. The number of rotatable bonds is 5. The summed E-state index contributed by atoms with van der Waals surface area (Å²) in [6.45, 7) is 2.06. The molecule has 0 saturated heterocycles. The summed E-state index contributed by atoms with van der Waals surface area (Å²) in [5.41, 5.74) is 1.54. The molecule has 2 aliphatic rings. The maximum atomic E-state index is 13.7. The van der Waals surface area contributed by atoms with Gasteiger partial charge in [0.1, 0.15) is 5.82 Å². The molecule has 7 heteroatoms. The Bertz CT molecular complexity index is 1100. The first kappa shape index (κ1) is 19.2. The van der Waals surface area contributed by atoms with Crippen molar-refractivity contribution >= 4 is 16.9 Å². The predicted octanol–water partition coefficient (Wildman–Crippen LogP) is 4.86. The van der Waals surface area contributed by atoms with Crippen molar-refractivity contribution in [2.24, 2.45) is 17.8 Å². The Balaban J connectivity index is 1.26. The minimum Gasteiger partial charge on any atom is -0.349 e. The van der Waals surface area contributed by atoms with Gasteiger partial charge in [0, 0.05) is 29.8 Å². The number of hydrogen-bond donors (Lipinski definition) is 1. The van der Waals surface area contributed by atoms with E-state index in [-0.39, 0.29) is 23.8 Å². The number of carbonyl (C=O) groups is 1. The summed E-state index contributed by atoms with van der Waals surface area (Å²) in [7, 11) is 0. The van der Waals surface area contributed by atoms with Gasteiger partial charge in [-0.1, -0.05) is 6.92 Å². The van der Waals surface area contributed by atoms with Crippen LogP contribution in [0.5, 0.6) is 0 Å². The van der Waals surface area contributed by atoms with Crippen LogP contribution in [0.4, 0.5) is 13.2 Å². The van der Waals surface area contributed by atoms with Crippen molar-refractivity contribution in [3.05, 3.63) is 65.7 Å². The third kappa shape index (κ3) is 3.16. The largest absolute Gasteiger partial charge is 0.349 e. The van der Waals surface area contributed by atoms with Crippen LogP contribution >= 0.6 is 0 Å². The Kier molecular flexibility index (Phi) is 4.56. The van der Waals surface area contributed by atoms with Gasteiger partial charge in [0.2, 0.25) is 0 Å². The standard InChI is InChI=1S/C23H22F3N3O/c1-2-19(28-23(30)12-3-5-13(24)6-4-12)22-15-7-14(8-16(15)22)29-11-27-20-9-17(25)18(26)10-21(20)29/h3-6,9-11,14-16,19,22H,2,7-8H2,1H3,(H,28,30)/t14?,15?,16?,19-,22?/m1/s1. The first-order chi connectivity index (χ1) is 14.5. The van der Waals surface area contributed by atoms with Crippen molar-refractivity contribution < 1.29 is 18.0 Å². The molecule has 0 spiro atoms. The fourth-order valence-corrected chi connectivity index (χ4v) is 5.32. The topological polar surface area (TPSA) is 46.9 Å². The lowest BCUT2D eigenvalue weighted by Crippen LogP contribution is -2.37. The van der Waals surface area contributed by atoms with Crippen LogP contribution < -0.4 is 5.32 Å². The molecule has 2 aromatic carbocycles. The molecule has 1 N–H and O–H groups in total. The van der Waals surface area contributed by atoms with Gasteiger partial charge in [-0.25, -0.2) is 18.2 Å². The summed E-state index contributed by atoms with van der Waals surface area (Å²) in [6.07, 6.45) is 4.36. The lowest BCUT2D eigenvalue weighted by atomic mass is 9.98. The number of hydrogen-bond acceptors (Lipinski definition) is 2. The van der Waals surface area contributed by atoms with Crippen molar-refractivity contribution in [1.29, 1.82) is 0 Å². The van der Waals surface area contributed by atoms with Gasteiger partial charge < -0.3 is 9.88 Å². The van der Waals surface area contributed by atoms with E-state index in [1.165, 1.54) is 30.3 Å². The number of imidazole rings is 1. The smallest absolute Gasteiger partial charge is 0.251 e. The van der Waals surface area contributed by atoms with Crippen molar-refractivity contribution in [2.75, 3.05) is 0 Å². The van der Waals surface area contributed by atoms with Gasteiger partial charge in [-0.15, -0.1) is 0 Å². The third-order valence-corrected chi connectivity index (χ3v) is 6.82. The maximum absolute atomic E-state index is 13.7. The molecule has 0 radical (unpaired) electrons. The molecule has 2 aliphatic carbocycles. The van der Waals surface area contributed by atoms with Crippen molar-refractivity contribution in [3.8, 4) is 0 Å². The van der Waals surface area contributed by atoms with Crippen LogP contribution in [-0.2, 0) is 0 Å². The molecule has 2 fully saturated rings. The summed E-state index contributed by atoms with van der Waals surface area (Å²) in [5, 5.41) is 3.11. The SMILES string of the molecule is CC[C@@H](NC(=O)c1ccc(F)cc1)C1C2CC(n3cnc4cc(F)c(F)cc43)CC21. The zero-order valence-electron chi connectivity index (χ0n) is 16.5. The fraction of sp³-hybridized carbons (Fsp3) is 0.391. The normalized spacial score (nSPS) is 25.9. The zero-order valence-corrected chi connectivity index (χ0v) is 16.5. The molecule has 5 rings (SSSR count). The van der Waals surface area contributed by atoms with E-state index in [1.54, 1.807) is 6.33 Å². The van der Waals surface area contributed by atoms with Crippen LogP contribution in [0.15, 0.2) is 42.7 Å². The van der Waals surface area contributed by atoms with Crippen LogP contribution in [-0.4, -0.2) is 21.5 Å². The minimum atomic E-state index is -0.884. The molecule has 0 bridgehead atoms. The Morgan fingerprint density at radius 3 is 2.47 bits per heavy atom. The Morgan fingerprint density at radius 1 is 1.13 bits per heavy atom. The van der Waals surface area contributed by atoms with Gasteiger partial charge in [-0.3, -0.25) is 4.79 Å². The van der Waals surface area contributed by atoms with Gasteiger partial charge in [0.05, 0.1) is 17.4 Å². The van der Waals surface area contributed by atoms with E-state index in [0.717, 1.165) is 25.3 Å². The average molecular weight is 413 g/mol. The van der Waals surface area contributed by atoms with E-state index in [1.807, 2.05) is 4.57 Å². The van der Waals surface area contributed by atoms with Gasteiger partial charge >= 0.3 is 0 Å². The number of carbonyl (C=O) groups excluding carboxylic acids is 1. The molecule has 4 nitrogen and oxygen atoms in total. The summed E-state index contributed by atoms with van der Waals surface area (Å²) in [6, 6.07) is 8.20. The molecule has 3 atom stereocenters. The first-order valence-corrected chi connectivity index (χ1v) is 10.3. The highest BCUT2D eigenvalue weighted by atomic mass is 19.2. The summed E-state index contributed by atoms with van der Waals surface area (Å²) in [4.78, 5) is 16.7. The number of nitrogens with one attached hydrogen (secondary N) is 1. The molecule has 2 saturated carbocycles. The van der Waals surface area contributed by atoms with Gasteiger partial charge in [0.25, 0.3) is 5.91 Å². The molecule has 30 heavy (non-hydrogen) atoms. The monoisotopic (exact) mass is 413 g/mol. The highest BCUT2D eigenvalue weighted by Gasteiger charge is 2.59. The fourth-order valence-electron chi connectivity index (χ4n) is 5.32. The Morgan fingerprint density at radius 2 is 1.80 bits per heavy atom. The molecular formula is C23H22F3N3O. The summed E-state index contributed by atoms with van der Waals surface area (Å²) >= 11 is 0. The highest BCUT2D eigenvalue weighted by molar-refractivity contribution is 5.94. The van der Waals surface area contributed by atoms with Crippen LogP contribution in [0.25, 0.3) is 11.0 Å². The van der Waals surface area contributed by atoms with Crippen molar-refractivity contribution in [2.45, 2.75) is 38.3 Å². The molecule has 0 aliphatic heterocycles. The number of halogens is 3. The number of fused-ring (bicyclic) bond motifs is 2. The number of aromatic nitrogens is 2. The minimum absolute atomic E-state index is 0.0737. The molecule has 3 aromatic rings. The predicted molar refractivity (Wildman–Crippen MR) is 106 cm³/mol. The third-order valence-electron chi connectivity index (χ3n) is 6.82. The van der Waals surface area contributed by atoms with E-state index in [4.69, 9.17) is 0 Å². The average Bonchev–Trinajstić information content (AvgIpc) is 3.04. The summed E-state index contributed by atoms with van der Waals surface area (Å²) < 4.78 is 42.2. The highest BCUT2D eigenvalue weighted by Crippen LogP contribution is 2.62. The maximum Gasteiger partial charge on any atom is 0.251 e. The summed E-state index contributed by atoms with van der Waals surface area (Å²) in [5.74, 6) is -0.880. The lowest BCUT2D eigenvalue weighted by Gasteiger charge is -2.22.